The summed E-state index contributed by atoms with van der Waals surface area (Å²) in [4.78, 5) is 0. The van der Waals surface area contributed by atoms with Gasteiger partial charge in [0.25, 0.3) is 0 Å². The van der Waals surface area contributed by atoms with Gasteiger partial charge in [0.05, 0.1) is 7.11 Å². The van der Waals surface area contributed by atoms with Gasteiger partial charge < -0.3 is 15.6 Å². The SMILES string of the molecule is CC(C)c1ccc(N)cc1.CC(C)c1ccc(O)cc1.CC(C)c1cccc2ccccc12.CC(C)c1ccccc1.CCCCC(C)C.COc1ccc(C(C)C)cc1. The molecule has 3 N–H and O–H groups in total. The van der Waals surface area contributed by atoms with Crippen LogP contribution in [0.3, 0.4) is 0 Å². The maximum atomic E-state index is 8.94. The van der Waals surface area contributed by atoms with Gasteiger partial charge in [-0.05, 0) is 110 Å². The average molecular weight is 812 g/mol. The fraction of sp³-hybridized carbons (Fsp3) is 0.404. The molecular formula is C57H81NO2. The highest BCUT2D eigenvalue weighted by atomic mass is 16.5. The topological polar surface area (TPSA) is 55.5 Å². The fourth-order valence-corrected chi connectivity index (χ4v) is 5.93. The predicted octanol–water partition coefficient (Wildman–Crippen LogP) is 17.3. The summed E-state index contributed by atoms with van der Waals surface area (Å²) < 4.78 is 5.05. The van der Waals surface area contributed by atoms with Crippen LogP contribution in [-0.2, 0) is 0 Å². The summed E-state index contributed by atoms with van der Waals surface area (Å²) in [5, 5.41) is 11.7. The third-order valence-corrected chi connectivity index (χ3v) is 9.99. The van der Waals surface area contributed by atoms with Crippen molar-refractivity contribution in [2.24, 2.45) is 5.92 Å². The number of methoxy groups -OCH3 is 1. The normalized spacial score (nSPS) is 10.4. The zero-order valence-corrected chi connectivity index (χ0v) is 39.9. The van der Waals surface area contributed by atoms with Crippen LogP contribution in [0.1, 0.15) is 167 Å². The van der Waals surface area contributed by atoms with E-state index in [2.05, 4.69) is 181 Å². The van der Waals surface area contributed by atoms with Crippen molar-refractivity contribution < 1.29 is 9.84 Å². The molecule has 6 aromatic carbocycles. The van der Waals surface area contributed by atoms with Gasteiger partial charge in [0.1, 0.15) is 11.5 Å². The number of hydrogen-bond donors (Lipinski definition) is 2. The van der Waals surface area contributed by atoms with E-state index in [1.54, 1.807) is 19.2 Å². The van der Waals surface area contributed by atoms with Gasteiger partial charge >= 0.3 is 0 Å². The molecule has 0 atom stereocenters. The standard InChI is InChI=1S/C13H14.C10H14O.C9H13N.C9H12O.C9H12.C7H16/c1-10(2)12-9-5-7-11-6-3-4-8-13(11)12;1-8(2)9-4-6-10(11-3)7-5-9;2*1-7(2)8-3-5-9(10)6-4-8;1-8(2)9-6-4-3-5-7-9;1-4-5-6-7(2)3/h3-10H,1-2H3;4-8H,1-3H3;3-7H,10H2,1-2H3;3-7,10H,1-2H3;3-8H,1-2H3;7H,4-6H2,1-3H3. The first-order valence-corrected chi connectivity index (χ1v) is 22.3. The first kappa shape index (κ1) is 53.0. The number of unbranched alkanes of at least 4 members (excludes halogenated alkanes) is 1. The smallest absolute Gasteiger partial charge is 0.118 e. The second-order valence-electron chi connectivity index (χ2n) is 17.3. The number of benzene rings is 6. The van der Waals surface area contributed by atoms with E-state index in [4.69, 9.17) is 15.6 Å². The van der Waals surface area contributed by atoms with Gasteiger partial charge in [-0.15, -0.1) is 0 Å². The summed E-state index contributed by atoms with van der Waals surface area (Å²) in [5.74, 6) is 5.16. The summed E-state index contributed by atoms with van der Waals surface area (Å²) in [6.07, 6.45) is 4.15. The predicted molar refractivity (Wildman–Crippen MR) is 267 cm³/mol. The number of fused-ring (bicyclic) bond motifs is 1. The Morgan fingerprint density at radius 1 is 0.467 bits per heavy atom. The van der Waals surface area contributed by atoms with Crippen molar-refractivity contribution in [1.82, 2.24) is 0 Å². The number of phenolic OH excluding ortho intramolecular Hbond substituents is 1. The Morgan fingerprint density at radius 3 is 1.28 bits per heavy atom. The van der Waals surface area contributed by atoms with E-state index >= 15 is 0 Å². The molecule has 0 unspecified atom stereocenters. The second-order valence-corrected chi connectivity index (χ2v) is 17.3. The number of ether oxygens (including phenoxy) is 1. The molecule has 0 aliphatic carbocycles. The molecule has 0 fully saturated rings. The van der Waals surface area contributed by atoms with Crippen molar-refractivity contribution in [1.29, 1.82) is 0 Å². The zero-order valence-electron chi connectivity index (χ0n) is 39.9. The van der Waals surface area contributed by atoms with E-state index in [0.717, 1.165) is 17.4 Å². The van der Waals surface area contributed by atoms with E-state index in [-0.39, 0.29) is 0 Å². The average Bonchev–Trinajstić information content (AvgIpc) is 3.24. The van der Waals surface area contributed by atoms with E-state index in [9.17, 15) is 0 Å². The summed E-state index contributed by atoms with van der Waals surface area (Å²) in [6.45, 7) is 28.6. The number of rotatable bonds is 9. The Hall–Kier alpha value is -5.02. The first-order chi connectivity index (χ1) is 28.5. The zero-order chi connectivity index (χ0) is 45.0. The van der Waals surface area contributed by atoms with Crippen molar-refractivity contribution in [2.75, 3.05) is 12.8 Å². The van der Waals surface area contributed by atoms with Gasteiger partial charge in [0, 0.05) is 5.69 Å². The number of nitrogens with two attached hydrogens (primary N) is 1. The number of aromatic hydroxyl groups is 1. The van der Waals surface area contributed by atoms with Crippen LogP contribution in [0.2, 0.25) is 0 Å². The van der Waals surface area contributed by atoms with Crippen LogP contribution >= 0.6 is 0 Å². The Bertz CT molecular complexity index is 1870. The van der Waals surface area contributed by atoms with Crippen molar-refractivity contribution >= 4 is 16.5 Å². The molecule has 0 aliphatic heterocycles. The third kappa shape index (κ3) is 22.4. The van der Waals surface area contributed by atoms with Crippen molar-refractivity contribution in [3.8, 4) is 11.5 Å². The van der Waals surface area contributed by atoms with Crippen LogP contribution in [0.5, 0.6) is 11.5 Å². The van der Waals surface area contributed by atoms with Crippen LogP contribution in [0, 0.1) is 5.92 Å². The number of anilines is 1. The number of hydrogen-bond acceptors (Lipinski definition) is 3. The van der Waals surface area contributed by atoms with E-state index in [1.807, 2.05) is 42.5 Å². The Kier molecular flexibility index (Phi) is 26.6. The molecule has 3 heteroatoms. The molecule has 3 nitrogen and oxygen atoms in total. The minimum Gasteiger partial charge on any atom is -0.508 e. The van der Waals surface area contributed by atoms with Crippen LogP contribution in [0.25, 0.3) is 10.8 Å². The fourth-order valence-electron chi connectivity index (χ4n) is 5.93. The lowest BCUT2D eigenvalue weighted by Crippen LogP contribution is -1.88. The first-order valence-electron chi connectivity index (χ1n) is 22.3. The van der Waals surface area contributed by atoms with Crippen molar-refractivity contribution in [3.05, 3.63) is 173 Å². The van der Waals surface area contributed by atoms with E-state index in [1.165, 1.54) is 57.9 Å². The Balaban J connectivity index is 0.000000364. The highest BCUT2D eigenvalue weighted by Crippen LogP contribution is 2.25. The molecule has 0 spiro atoms. The molecule has 0 aliphatic rings. The molecule has 0 saturated carbocycles. The van der Waals surface area contributed by atoms with Crippen LogP contribution < -0.4 is 10.5 Å². The van der Waals surface area contributed by atoms with Crippen LogP contribution in [0.15, 0.2) is 146 Å². The van der Waals surface area contributed by atoms with Gasteiger partial charge in [-0.1, -0.05) is 218 Å². The molecule has 0 bridgehead atoms. The number of nitrogen functional groups attached to an aromatic ring is 1. The van der Waals surface area contributed by atoms with Crippen LogP contribution in [-0.4, -0.2) is 12.2 Å². The highest BCUT2D eigenvalue weighted by molar-refractivity contribution is 5.86. The third-order valence-electron chi connectivity index (χ3n) is 9.99. The maximum Gasteiger partial charge on any atom is 0.118 e. The van der Waals surface area contributed by atoms with Crippen molar-refractivity contribution in [2.45, 2.75) is 139 Å². The van der Waals surface area contributed by atoms with E-state index in [0.29, 0.717) is 35.3 Å². The van der Waals surface area contributed by atoms with Gasteiger partial charge in [-0.2, -0.15) is 0 Å². The molecule has 0 aromatic heterocycles. The second kappa shape index (κ2) is 30.1. The van der Waals surface area contributed by atoms with Crippen LogP contribution in [0.4, 0.5) is 5.69 Å². The molecule has 6 aromatic rings. The molecule has 6 rings (SSSR count). The van der Waals surface area contributed by atoms with Gasteiger partial charge in [-0.3, -0.25) is 0 Å². The lowest BCUT2D eigenvalue weighted by atomic mass is 9.96. The van der Waals surface area contributed by atoms with E-state index < -0.39 is 0 Å². The molecule has 326 valence electrons. The molecule has 0 heterocycles. The summed E-state index contributed by atoms with van der Waals surface area (Å²) in [6, 6.07) is 49.1. The number of phenols is 1. The molecule has 0 saturated heterocycles. The quantitative estimate of drug-likeness (QED) is 0.143. The largest absolute Gasteiger partial charge is 0.508 e. The summed E-state index contributed by atoms with van der Waals surface area (Å²) in [5.41, 5.74) is 13.2. The van der Waals surface area contributed by atoms with Gasteiger partial charge in [-0.25, -0.2) is 0 Å². The lowest BCUT2D eigenvalue weighted by Gasteiger charge is -2.08. The van der Waals surface area contributed by atoms with Gasteiger partial charge in [0.15, 0.2) is 0 Å². The van der Waals surface area contributed by atoms with Crippen molar-refractivity contribution in [3.63, 3.8) is 0 Å². The molecule has 0 radical (unpaired) electrons. The molecular weight excluding hydrogens is 731 g/mol. The highest BCUT2D eigenvalue weighted by Gasteiger charge is 2.03. The Morgan fingerprint density at radius 2 is 0.883 bits per heavy atom. The monoisotopic (exact) mass is 812 g/mol. The summed E-state index contributed by atoms with van der Waals surface area (Å²) >= 11 is 0. The lowest BCUT2D eigenvalue weighted by molar-refractivity contribution is 0.414. The minimum absolute atomic E-state index is 0.337. The molecule has 60 heavy (non-hydrogen) atoms. The van der Waals surface area contributed by atoms with Gasteiger partial charge in [0.2, 0.25) is 0 Å². The molecule has 0 amide bonds. The minimum atomic E-state index is 0.337. The summed E-state index contributed by atoms with van der Waals surface area (Å²) in [7, 11) is 1.68. The maximum absolute atomic E-state index is 8.94. The Labute approximate surface area is 367 Å².